The van der Waals surface area contributed by atoms with Crippen molar-refractivity contribution in [3.8, 4) is 33.4 Å². The van der Waals surface area contributed by atoms with E-state index in [4.69, 9.17) is 0 Å². The van der Waals surface area contributed by atoms with Crippen LogP contribution in [0.5, 0.6) is 0 Å². The SMILES string of the molecule is CC1(C)c2cccc(-c3ccc(-c4ccc5c6ccccc6c6ccccc6c5c4)cc3)c2-c2c1ccc1ccccc21. The molecule has 0 heteroatoms. The second kappa shape index (κ2) is 8.90. The second-order valence-corrected chi connectivity index (χ2v) is 12.5. The maximum atomic E-state index is 2.38. The molecular weight excluding hydrogens is 516 g/mol. The van der Waals surface area contributed by atoms with Gasteiger partial charge in [-0.05, 0) is 93.7 Å². The zero-order valence-corrected chi connectivity index (χ0v) is 24.4. The third kappa shape index (κ3) is 3.44. The van der Waals surface area contributed by atoms with Crippen LogP contribution in [0, 0.1) is 0 Å². The van der Waals surface area contributed by atoms with Crippen LogP contribution in [0.2, 0.25) is 0 Å². The van der Waals surface area contributed by atoms with E-state index in [0.29, 0.717) is 0 Å². The molecule has 0 heterocycles. The summed E-state index contributed by atoms with van der Waals surface area (Å²) in [6.45, 7) is 4.73. The van der Waals surface area contributed by atoms with Crippen molar-refractivity contribution in [1.82, 2.24) is 0 Å². The summed E-state index contributed by atoms with van der Waals surface area (Å²) < 4.78 is 0. The Labute approximate surface area is 251 Å². The maximum absolute atomic E-state index is 2.38. The number of benzene rings is 8. The fraction of sp³-hybridized carbons (Fsp3) is 0.0698. The fourth-order valence-corrected chi connectivity index (χ4v) is 7.72. The molecular formula is C43H30. The molecule has 1 aliphatic carbocycles. The quantitative estimate of drug-likeness (QED) is 0.189. The molecule has 0 atom stereocenters. The molecule has 0 saturated carbocycles. The molecule has 1 aliphatic rings. The van der Waals surface area contributed by atoms with Crippen molar-refractivity contribution in [2.75, 3.05) is 0 Å². The third-order valence-electron chi connectivity index (χ3n) is 9.86. The lowest BCUT2D eigenvalue weighted by atomic mass is 9.81. The van der Waals surface area contributed by atoms with Crippen LogP contribution in [-0.2, 0) is 5.41 Å². The van der Waals surface area contributed by atoms with Gasteiger partial charge in [-0.2, -0.15) is 0 Å². The van der Waals surface area contributed by atoms with Gasteiger partial charge in [0.25, 0.3) is 0 Å². The summed E-state index contributed by atoms with van der Waals surface area (Å²) in [4.78, 5) is 0. The van der Waals surface area contributed by atoms with E-state index in [0.717, 1.165) is 0 Å². The van der Waals surface area contributed by atoms with Crippen molar-refractivity contribution in [3.05, 3.63) is 157 Å². The van der Waals surface area contributed by atoms with Crippen molar-refractivity contribution >= 4 is 43.1 Å². The van der Waals surface area contributed by atoms with Crippen LogP contribution in [0.25, 0.3) is 76.5 Å². The lowest BCUT2D eigenvalue weighted by Crippen LogP contribution is -2.14. The first-order valence-corrected chi connectivity index (χ1v) is 15.2. The van der Waals surface area contributed by atoms with Crippen LogP contribution in [0.3, 0.4) is 0 Å². The summed E-state index contributed by atoms with van der Waals surface area (Å²) in [5, 5.41) is 10.5. The molecule has 202 valence electrons. The molecule has 0 nitrogen and oxygen atoms in total. The summed E-state index contributed by atoms with van der Waals surface area (Å²) in [7, 11) is 0. The highest BCUT2D eigenvalue weighted by molar-refractivity contribution is 6.25. The number of fused-ring (bicyclic) bond motifs is 11. The number of hydrogen-bond donors (Lipinski definition) is 0. The molecule has 9 rings (SSSR count). The van der Waals surface area contributed by atoms with Crippen molar-refractivity contribution in [3.63, 3.8) is 0 Å². The molecule has 8 aromatic rings. The Bertz CT molecular complexity index is 2370. The van der Waals surface area contributed by atoms with Gasteiger partial charge >= 0.3 is 0 Å². The van der Waals surface area contributed by atoms with E-state index in [-0.39, 0.29) is 5.41 Å². The molecule has 0 aromatic heterocycles. The molecule has 0 bridgehead atoms. The topological polar surface area (TPSA) is 0 Å². The van der Waals surface area contributed by atoms with E-state index in [2.05, 4.69) is 159 Å². The van der Waals surface area contributed by atoms with E-state index in [9.17, 15) is 0 Å². The maximum Gasteiger partial charge on any atom is 0.0159 e. The summed E-state index contributed by atoms with van der Waals surface area (Å²) >= 11 is 0. The van der Waals surface area contributed by atoms with Gasteiger partial charge in [-0.15, -0.1) is 0 Å². The minimum atomic E-state index is -0.0390. The van der Waals surface area contributed by atoms with E-state index < -0.39 is 0 Å². The van der Waals surface area contributed by atoms with Crippen LogP contribution < -0.4 is 0 Å². The molecule has 8 aromatic carbocycles. The Morgan fingerprint density at radius 2 is 0.884 bits per heavy atom. The van der Waals surface area contributed by atoms with E-state index in [1.807, 2.05) is 0 Å². The summed E-state index contributed by atoms with van der Waals surface area (Å²) in [6, 6.07) is 54.1. The Morgan fingerprint density at radius 3 is 1.58 bits per heavy atom. The minimum absolute atomic E-state index is 0.0390. The van der Waals surface area contributed by atoms with Crippen molar-refractivity contribution < 1.29 is 0 Å². The zero-order chi connectivity index (χ0) is 28.7. The van der Waals surface area contributed by atoms with Gasteiger partial charge in [0.05, 0.1) is 0 Å². The average Bonchev–Trinajstić information content (AvgIpc) is 3.31. The van der Waals surface area contributed by atoms with E-state index >= 15 is 0 Å². The monoisotopic (exact) mass is 546 g/mol. The Hall–Kier alpha value is -5.20. The summed E-state index contributed by atoms with van der Waals surface area (Å²) in [5.74, 6) is 0. The molecule has 43 heavy (non-hydrogen) atoms. The van der Waals surface area contributed by atoms with Gasteiger partial charge in [0.15, 0.2) is 0 Å². The second-order valence-electron chi connectivity index (χ2n) is 12.5. The van der Waals surface area contributed by atoms with Crippen LogP contribution in [0.4, 0.5) is 0 Å². The van der Waals surface area contributed by atoms with Crippen LogP contribution in [0.15, 0.2) is 146 Å². The Balaban J connectivity index is 1.20. The minimum Gasteiger partial charge on any atom is -0.0616 e. The molecule has 0 radical (unpaired) electrons. The Kier molecular flexibility index (Phi) is 5.05. The van der Waals surface area contributed by atoms with Gasteiger partial charge in [0, 0.05) is 5.41 Å². The van der Waals surface area contributed by atoms with Crippen molar-refractivity contribution in [2.45, 2.75) is 19.3 Å². The predicted molar refractivity (Wildman–Crippen MR) is 185 cm³/mol. The standard InChI is InChI=1S/C43H30/c1-43(2)39-17-9-16-32(41(39)42-31-11-4-3-10-28(31)23-25-40(42)43)29-20-18-27(19-21-29)30-22-24-37-35-14-6-5-12-33(35)34-13-7-8-15-36(34)38(37)26-30/h3-26H,1-2H3. The van der Waals surface area contributed by atoms with E-state index in [1.54, 1.807) is 0 Å². The highest BCUT2D eigenvalue weighted by Crippen LogP contribution is 2.54. The highest BCUT2D eigenvalue weighted by atomic mass is 14.4. The molecule has 0 aliphatic heterocycles. The van der Waals surface area contributed by atoms with Crippen LogP contribution in [-0.4, -0.2) is 0 Å². The molecule has 0 N–H and O–H groups in total. The molecule has 0 amide bonds. The molecule has 0 fully saturated rings. The fourth-order valence-electron chi connectivity index (χ4n) is 7.72. The normalized spacial score (nSPS) is 13.5. The van der Waals surface area contributed by atoms with Crippen molar-refractivity contribution in [2.24, 2.45) is 0 Å². The smallest absolute Gasteiger partial charge is 0.0159 e. The average molecular weight is 547 g/mol. The first kappa shape index (κ1) is 24.4. The predicted octanol–water partition coefficient (Wildman–Crippen LogP) is 11.9. The largest absolute Gasteiger partial charge is 0.0616 e. The molecule has 0 spiro atoms. The number of rotatable bonds is 2. The lowest BCUT2D eigenvalue weighted by molar-refractivity contribution is 0.661. The zero-order valence-electron chi connectivity index (χ0n) is 24.4. The van der Waals surface area contributed by atoms with Gasteiger partial charge in [-0.3, -0.25) is 0 Å². The van der Waals surface area contributed by atoms with Gasteiger partial charge in [-0.25, -0.2) is 0 Å². The van der Waals surface area contributed by atoms with Crippen LogP contribution >= 0.6 is 0 Å². The van der Waals surface area contributed by atoms with Crippen molar-refractivity contribution in [1.29, 1.82) is 0 Å². The summed E-state index contributed by atoms with van der Waals surface area (Å²) in [5.41, 5.74) is 10.6. The van der Waals surface area contributed by atoms with Gasteiger partial charge in [0.2, 0.25) is 0 Å². The summed E-state index contributed by atoms with van der Waals surface area (Å²) in [6.07, 6.45) is 0. The third-order valence-corrected chi connectivity index (χ3v) is 9.86. The first-order valence-electron chi connectivity index (χ1n) is 15.2. The van der Waals surface area contributed by atoms with Gasteiger partial charge in [-0.1, -0.05) is 153 Å². The van der Waals surface area contributed by atoms with Crippen LogP contribution in [0.1, 0.15) is 25.0 Å². The first-order chi connectivity index (χ1) is 21.1. The highest BCUT2D eigenvalue weighted by Gasteiger charge is 2.37. The lowest BCUT2D eigenvalue weighted by Gasteiger charge is -2.21. The molecule has 0 saturated heterocycles. The Morgan fingerprint density at radius 1 is 0.349 bits per heavy atom. The molecule has 0 unspecified atom stereocenters. The van der Waals surface area contributed by atoms with Gasteiger partial charge in [0.1, 0.15) is 0 Å². The van der Waals surface area contributed by atoms with E-state index in [1.165, 1.54) is 87.6 Å². The van der Waals surface area contributed by atoms with Gasteiger partial charge < -0.3 is 0 Å². The number of hydrogen-bond acceptors (Lipinski definition) is 0.